The monoisotopic (exact) mass is 310 g/mol. The van der Waals surface area contributed by atoms with Crippen molar-refractivity contribution in [2.45, 2.75) is 38.8 Å². The number of thioether (sulfide) groups is 1. The second-order valence-corrected chi connectivity index (χ2v) is 7.06. The van der Waals surface area contributed by atoms with E-state index < -0.39 is 0 Å². The molecule has 1 fully saturated rings. The highest BCUT2D eigenvalue weighted by atomic mass is 32.2. The van der Waals surface area contributed by atoms with E-state index in [9.17, 15) is 4.39 Å². The normalized spacial score (nSPS) is 20.1. The van der Waals surface area contributed by atoms with Crippen LogP contribution in [0.1, 0.15) is 36.9 Å². The standard InChI is InChI=1S/C17H27FN2S/c1-4-19-17(14-6-5-13(2)16(18)11-14)7-9-20(3)15-8-10-21-12-15/h5-6,11,15,17,19H,4,7-10,12H2,1-3H3. The summed E-state index contributed by atoms with van der Waals surface area (Å²) in [5, 5.41) is 3.49. The smallest absolute Gasteiger partial charge is 0.126 e. The Balaban J connectivity index is 1.96. The summed E-state index contributed by atoms with van der Waals surface area (Å²) in [6.07, 6.45) is 2.32. The van der Waals surface area contributed by atoms with Gasteiger partial charge in [0.15, 0.2) is 0 Å². The first-order valence-electron chi connectivity index (χ1n) is 7.89. The number of hydrogen-bond donors (Lipinski definition) is 1. The molecule has 1 N–H and O–H groups in total. The van der Waals surface area contributed by atoms with Gasteiger partial charge in [0.05, 0.1) is 0 Å². The zero-order valence-corrected chi connectivity index (χ0v) is 14.2. The van der Waals surface area contributed by atoms with Crippen LogP contribution in [0.25, 0.3) is 0 Å². The number of halogens is 1. The lowest BCUT2D eigenvalue weighted by atomic mass is 10.0. The predicted molar refractivity (Wildman–Crippen MR) is 90.5 cm³/mol. The van der Waals surface area contributed by atoms with Gasteiger partial charge in [-0.25, -0.2) is 4.39 Å². The molecule has 118 valence electrons. The second-order valence-electron chi connectivity index (χ2n) is 5.91. The Kier molecular flexibility index (Phi) is 6.52. The third kappa shape index (κ3) is 4.70. The van der Waals surface area contributed by atoms with Crippen LogP contribution in [-0.2, 0) is 0 Å². The Bertz CT molecular complexity index is 446. The molecular weight excluding hydrogens is 283 g/mol. The Morgan fingerprint density at radius 2 is 2.29 bits per heavy atom. The van der Waals surface area contributed by atoms with Crippen molar-refractivity contribution in [2.75, 3.05) is 31.6 Å². The Hall–Kier alpha value is -0.580. The van der Waals surface area contributed by atoms with Crippen molar-refractivity contribution in [3.63, 3.8) is 0 Å². The van der Waals surface area contributed by atoms with Crippen molar-refractivity contribution in [2.24, 2.45) is 0 Å². The van der Waals surface area contributed by atoms with Crippen LogP contribution in [0.4, 0.5) is 4.39 Å². The van der Waals surface area contributed by atoms with E-state index in [1.165, 1.54) is 17.9 Å². The molecule has 1 saturated heterocycles. The second kappa shape index (κ2) is 8.16. The van der Waals surface area contributed by atoms with Gasteiger partial charge in [0.2, 0.25) is 0 Å². The zero-order chi connectivity index (χ0) is 15.2. The summed E-state index contributed by atoms with van der Waals surface area (Å²) < 4.78 is 13.8. The average Bonchev–Trinajstić information content (AvgIpc) is 3.00. The van der Waals surface area contributed by atoms with E-state index >= 15 is 0 Å². The molecule has 2 atom stereocenters. The van der Waals surface area contributed by atoms with E-state index in [1.807, 2.05) is 24.8 Å². The highest BCUT2D eigenvalue weighted by Crippen LogP contribution is 2.24. The number of rotatable bonds is 7. The number of aryl methyl sites for hydroxylation is 1. The fraction of sp³-hybridized carbons (Fsp3) is 0.647. The van der Waals surface area contributed by atoms with E-state index in [4.69, 9.17) is 0 Å². The SMILES string of the molecule is CCNC(CCN(C)C1CCSC1)c1ccc(C)c(F)c1. The van der Waals surface area contributed by atoms with Crippen LogP contribution in [0, 0.1) is 12.7 Å². The van der Waals surface area contributed by atoms with Crippen molar-refractivity contribution in [1.82, 2.24) is 10.2 Å². The quantitative estimate of drug-likeness (QED) is 0.828. The molecule has 1 aromatic rings. The van der Waals surface area contributed by atoms with Crippen LogP contribution in [0.15, 0.2) is 18.2 Å². The van der Waals surface area contributed by atoms with Crippen LogP contribution in [0.3, 0.4) is 0 Å². The fourth-order valence-corrected chi connectivity index (χ4v) is 4.14. The Morgan fingerprint density at radius 3 is 2.90 bits per heavy atom. The van der Waals surface area contributed by atoms with Gasteiger partial charge in [-0.1, -0.05) is 19.1 Å². The first-order valence-corrected chi connectivity index (χ1v) is 9.04. The molecular formula is C17H27FN2S. The average molecular weight is 310 g/mol. The van der Waals surface area contributed by atoms with Gasteiger partial charge in [0.1, 0.15) is 5.82 Å². The van der Waals surface area contributed by atoms with Gasteiger partial charge >= 0.3 is 0 Å². The summed E-state index contributed by atoms with van der Waals surface area (Å²) in [6, 6.07) is 6.58. The van der Waals surface area contributed by atoms with Gasteiger partial charge in [-0.15, -0.1) is 0 Å². The lowest BCUT2D eigenvalue weighted by Crippen LogP contribution is -2.34. The van der Waals surface area contributed by atoms with E-state index in [2.05, 4.69) is 30.3 Å². The van der Waals surface area contributed by atoms with Gasteiger partial charge in [-0.3, -0.25) is 0 Å². The van der Waals surface area contributed by atoms with Crippen molar-refractivity contribution in [3.8, 4) is 0 Å². The van der Waals surface area contributed by atoms with Crippen LogP contribution >= 0.6 is 11.8 Å². The van der Waals surface area contributed by atoms with E-state index in [-0.39, 0.29) is 11.9 Å². The van der Waals surface area contributed by atoms with Crippen LogP contribution in [0.5, 0.6) is 0 Å². The topological polar surface area (TPSA) is 15.3 Å². The molecule has 21 heavy (non-hydrogen) atoms. The number of nitrogens with zero attached hydrogens (tertiary/aromatic N) is 1. The van der Waals surface area contributed by atoms with Crippen LogP contribution in [0.2, 0.25) is 0 Å². The fourth-order valence-electron chi connectivity index (χ4n) is 2.84. The number of hydrogen-bond acceptors (Lipinski definition) is 3. The van der Waals surface area contributed by atoms with Gasteiger partial charge in [-0.2, -0.15) is 11.8 Å². The third-order valence-electron chi connectivity index (χ3n) is 4.35. The van der Waals surface area contributed by atoms with E-state index in [0.29, 0.717) is 11.6 Å². The molecule has 1 heterocycles. The van der Waals surface area contributed by atoms with Crippen molar-refractivity contribution in [1.29, 1.82) is 0 Å². The van der Waals surface area contributed by atoms with E-state index in [0.717, 1.165) is 25.1 Å². The molecule has 1 aromatic carbocycles. The number of benzene rings is 1. The third-order valence-corrected chi connectivity index (χ3v) is 5.49. The molecule has 0 radical (unpaired) electrons. The maximum absolute atomic E-state index is 13.8. The van der Waals surface area contributed by atoms with Crippen LogP contribution < -0.4 is 5.32 Å². The van der Waals surface area contributed by atoms with Crippen LogP contribution in [-0.4, -0.2) is 42.6 Å². The van der Waals surface area contributed by atoms with Gasteiger partial charge in [0.25, 0.3) is 0 Å². The van der Waals surface area contributed by atoms with Crippen molar-refractivity contribution in [3.05, 3.63) is 35.1 Å². The molecule has 1 aliphatic heterocycles. The highest BCUT2D eigenvalue weighted by Gasteiger charge is 2.21. The molecule has 1 aliphatic rings. The van der Waals surface area contributed by atoms with Crippen molar-refractivity contribution < 1.29 is 4.39 Å². The van der Waals surface area contributed by atoms with Crippen molar-refractivity contribution >= 4 is 11.8 Å². The summed E-state index contributed by atoms with van der Waals surface area (Å²) in [4.78, 5) is 2.47. The summed E-state index contributed by atoms with van der Waals surface area (Å²) in [7, 11) is 2.22. The Labute approximate surface area is 132 Å². The molecule has 0 saturated carbocycles. The summed E-state index contributed by atoms with van der Waals surface area (Å²) in [6.45, 7) is 5.88. The molecule has 0 amide bonds. The molecule has 0 bridgehead atoms. The maximum Gasteiger partial charge on any atom is 0.126 e. The van der Waals surface area contributed by atoms with Gasteiger partial charge in [0, 0.05) is 17.8 Å². The van der Waals surface area contributed by atoms with Gasteiger partial charge in [-0.05, 0) is 62.8 Å². The summed E-state index contributed by atoms with van der Waals surface area (Å²) in [5.41, 5.74) is 1.78. The number of nitrogens with one attached hydrogen (secondary N) is 1. The summed E-state index contributed by atoms with van der Waals surface area (Å²) >= 11 is 2.05. The molecule has 0 aromatic heterocycles. The first kappa shape index (κ1) is 16.8. The molecule has 2 nitrogen and oxygen atoms in total. The maximum atomic E-state index is 13.8. The minimum Gasteiger partial charge on any atom is -0.310 e. The highest BCUT2D eigenvalue weighted by molar-refractivity contribution is 7.99. The zero-order valence-electron chi connectivity index (χ0n) is 13.4. The van der Waals surface area contributed by atoms with Gasteiger partial charge < -0.3 is 10.2 Å². The lowest BCUT2D eigenvalue weighted by molar-refractivity contribution is 0.247. The minimum absolute atomic E-state index is 0.101. The minimum atomic E-state index is -0.101. The first-order chi connectivity index (χ1) is 10.1. The summed E-state index contributed by atoms with van der Waals surface area (Å²) in [5.74, 6) is 2.44. The molecule has 2 rings (SSSR count). The Morgan fingerprint density at radius 1 is 1.48 bits per heavy atom. The molecule has 0 spiro atoms. The van der Waals surface area contributed by atoms with E-state index in [1.54, 1.807) is 6.07 Å². The lowest BCUT2D eigenvalue weighted by Gasteiger charge is -2.26. The molecule has 2 unspecified atom stereocenters. The largest absolute Gasteiger partial charge is 0.310 e. The molecule has 0 aliphatic carbocycles. The molecule has 4 heteroatoms. The predicted octanol–water partition coefficient (Wildman–Crippen LogP) is 3.61.